The van der Waals surface area contributed by atoms with Gasteiger partial charge in [0.1, 0.15) is 5.82 Å². The summed E-state index contributed by atoms with van der Waals surface area (Å²) in [5, 5.41) is 8.84. The monoisotopic (exact) mass is 281 g/mol. The van der Waals surface area contributed by atoms with Crippen molar-refractivity contribution in [3.8, 4) is 0 Å². The van der Waals surface area contributed by atoms with Crippen LogP contribution in [-0.2, 0) is 6.42 Å². The number of carboxylic acid groups (broad SMARTS) is 1. The Bertz CT molecular complexity index is 583. The lowest BCUT2D eigenvalue weighted by Gasteiger charge is -2.03. The minimum atomic E-state index is -0.984. The number of hydrogen-bond acceptors (Lipinski definition) is 6. The molecule has 1 aromatic carbocycles. The number of rotatable bonds is 4. The van der Waals surface area contributed by atoms with E-state index in [1.807, 2.05) is 6.92 Å². The Morgan fingerprint density at radius 3 is 2.89 bits per heavy atom. The topological polar surface area (TPSA) is 89.1 Å². The molecular formula is C11H11N3O2S2. The lowest BCUT2D eigenvalue weighted by Crippen LogP contribution is -1.98. The third-order valence-corrected chi connectivity index (χ3v) is 4.10. The summed E-state index contributed by atoms with van der Waals surface area (Å²) in [4.78, 5) is 15.9. The van der Waals surface area contributed by atoms with Crippen molar-refractivity contribution in [1.29, 1.82) is 0 Å². The van der Waals surface area contributed by atoms with E-state index in [9.17, 15) is 4.79 Å². The molecule has 0 spiro atoms. The molecule has 0 amide bonds. The lowest BCUT2D eigenvalue weighted by molar-refractivity contribution is 0.0697. The molecule has 0 saturated carbocycles. The van der Waals surface area contributed by atoms with Gasteiger partial charge in [-0.25, -0.2) is 9.78 Å². The van der Waals surface area contributed by atoms with Crippen LogP contribution in [0.1, 0.15) is 23.1 Å². The third-order valence-electron chi connectivity index (χ3n) is 2.22. The summed E-state index contributed by atoms with van der Waals surface area (Å²) in [7, 11) is 0. The van der Waals surface area contributed by atoms with E-state index >= 15 is 0 Å². The fraction of sp³-hybridized carbons (Fsp3) is 0.182. The second-order valence-corrected chi connectivity index (χ2v) is 5.53. The Kier molecular flexibility index (Phi) is 3.83. The van der Waals surface area contributed by atoms with Crippen molar-refractivity contribution in [2.45, 2.75) is 22.6 Å². The molecule has 0 aliphatic rings. The van der Waals surface area contributed by atoms with Crippen molar-refractivity contribution in [3.05, 3.63) is 29.6 Å². The first kappa shape index (κ1) is 12.8. The SMILES string of the molecule is CCc1nsc(Sc2ccc(C(=O)O)cc2N)n1. The van der Waals surface area contributed by atoms with Crippen LogP contribution in [-0.4, -0.2) is 20.4 Å². The minimum absolute atomic E-state index is 0.184. The van der Waals surface area contributed by atoms with E-state index in [0.29, 0.717) is 5.69 Å². The van der Waals surface area contributed by atoms with E-state index in [4.69, 9.17) is 10.8 Å². The van der Waals surface area contributed by atoms with Gasteiger partial charge in [0.15, 0.2) is 4.34 Å². The zero-order valence-corrected chi connectivity index (χ0v) is 11.2. The number of aromatic nitrogens is 2. The molecule has 7 heteroatoms. The summed E-state index contributed by atoms with van der Waals surface area (Å²) in [6.45, 7) is 1.99. The van der Waals surface area contributed by atoms with Crippen LogP contribution in [0.4, 0.5) is 5.69 Å². The van der Waals surface area contributed by atoms with Crippen LogP contribution < -0.4 is 5.73 Å². The summed E-state index contributed by atoms with van der Waals surface area (Å²) in [6.07, 6.45) is 0.796. The molecule has 1 heterocycles. The Morgan fingerprint density at radius 2 is 2.33 bits per heavy atom. The molecule has 0 saturated heterocycles. The maximum Gasteiger partial charge on any atom is 0.335 e. The van der Waals surface area contributed by atoms with E-state index < -0.39 is 5.97 Å². The molecule has 18 heavy (non-hydrogen) atoms. The largest absolute Gasteiger partial charge is 0.478 e. The van der Waals surface area contributed by atoms with Gasteiger partial charge in [-0.05, 0) is 29.7 Å². The average molecular weight is 281 g/mol. The van der Waals surface area contributed by atoms with E-state index in [2.05, 4.69) is 9.36 Å². The number of nitrogens with zero attached hydrogens (tertiary/aromatic N) is 2. The van der Waals surface area contributed by atoms with Gasteiger partial charge in [-0.1, -0.05) is 18.7 Å². The second-order valence-electron chi connectivity index (χ2n) is 3.49. The van der Waals surface area contributed by atoms with Gasteiger partial charge < -0.3 is 10.8 Å². The van der Waals surface area contributed by atoms with E-state index in [1.54, 1.807) is 6.07 Å². The van der Waals surface area contributed by atoms with Crippen LogP contribution in [0.2, 0.25) is 0 Å². The maximum atomic E-state index is 10.8. The Hall–Kier alpha value is -1.60. The highest BCUT2D eigenvalue weighted by Crippen LogP contribution is 2.33. The maximum absolute atomic E-state index is 10.8. The molecule has 0 unspecified atom stereocenters. The Morgan fingerprint density at radius 1 is 1.56 bits per heavy atom. The number of nitrogen functional groups attached to an aromatic ring is 1. The Balaban J connectivity index is 2.21. The predicted molar refractivity (Wildman–Crippen MR) is 71.2 cm³/mol. The first-order valence-electron chi connectivity index (χ1n) is 5.23. The first-order chi connectivity index (χ1) is 8.60. The normalized spacial score (nSPS) is 10.5. The smallest absolute Gasteiger partial charge is 0.335 e. The van der Waals surface area contributed by atoms with Gasteiger partial charge in [-0.2, -0.15) is 4.37 Å². The minimum Gasteiger partial charge on any atom is -0.478 e. The number of carboxylic acids is 1. The number of anilines is 1. The highest BCUT2D eigenvalue weighted by molar-refractivity contribution is 8.01. The van der Waals surface area contributed by atoms with Crippen LogP contribution in [0.5, 0.6) is 0 Å². The number of carbonyl (C=O) groups is 1. The van der Waals surface area contributed by atoms with Crippen molar-refractivity contribution >= 4 is 35.0 Å². The average Bonchev–Trinajstić information content (AvgIpc) is 2.79. The molecule has 0 radical (unpaired) electrons. The fourth-order valence-electron chi connectivity index (χ4n) is 1.29. The van der Waals surface area contributed by atoms with Crippen molar-refractivity contribution in [1.82, 2.24) is 9.36 Å². The molecular weight excluding hydrogens is 270 g/mol. The van der Waals surface area contributed by atoms with Crippen LogP contribution >= 0.6 is 23.3 Å². The summed E-state index contributed by atoms with van der Waals surface area (Å²) in [6, 6.07) is 4.67. The van der Waals surface area contributed by atoms with Crippen molar-refractivity contribution in [2.24, 2.45) is 0 Å². The molecule has 2 rings (SSSR count). The summed E-state index contributed by atoms with van der Waals surface area (Å²) in [5.41, 5.74) is 6.44. The molecule has 0 bridgehead atoms. The number of nitrogens with two attached hydrogens (primary N) is 1. The van der Waals surface area contributed by atoms with Crippen LogP contribution in [0.3, 0.4) is 0 Å². The van der Waals surface area contributed by atoms with Crippen LogP contribution in [0.15, 0.2) is 27.4 Å². The molecule has 94 valence electrons. The molecule has 5 nitrogen and oxygen atoms in total. The zero-order valence-electron chi connectivity index (χ0n) is 9.58. The highest BCUT2D eigenvalue weighted by Gasteiger charge is 2.10. The van der Waals surface area contributed by atoms with Gasteiger partial charge in [0.25, 0.3) is 0 Å². The molecule has 0 fully saturated rings. The summed E-state index contributed by atoms with van der Waals surface area (Å²) >= 11 is 2.72. The first-order valence-corrected chi connectivity index (χ1v) is 6.82. The van der Waals surface area contributed by atoms with Gasteiger partial charge in [-0.15, -0.1) is 0 Å². The van der Waals surface area contributed by atoms with Crippen molar-refractivity contribution < 1.29 is 9.90 Å². The summed E-state index contributed by atoms with van der Waals surface area (Å²) < 4.78 is 4.99. The molecule has 0 aliphatic carbocycles. The quantitative estimate of drug-likeness (QED) is 0.837. The predicted octanol–water partition coefficient (Wildman–Crippen LogP) is 2.53. The van der Waals surface area contributed by atoms with Gasteiger partial charge >= 0.3 is 5.97 Å². The number of aromatic carboxylic acids is 1. The lowest BCUT2D eigenvalue weighted by atomic mass is 10.2. The standard InChI is InChI=1S/C11H11N3O2S2/c1-2-9-13-11(18-14-9)17-8-4-3-6(10(15)16)5-7(8)12/h3-5H,2,12H2,1H3,(H,15,16). The van der Waals surface area contributed by atoms with Gasteiger partial charge in [-0.3, -0.25) is 0 Å². The zero-order chi connectivity index (χ0) is 13.1. The van der Waals surface area contributed by atoms with E-state index in [-0.39, 0.29) is 5.56 Å². The molecule has 0 atom stereocenters. The third kappa shape index (κ3) is 2.80. The van der Waals surface area contributed by atoms with E-state index in [1.165, 1.54) is 35.4 Å². The van der Waals surface area contributed by atoms with Crippen molar-refractivity contribution in [2.75, 3.05) is 5.73 Å². The molecule has 3 N–H and O–H groups in total. The fourth-order valence-corrected chi connectivity index (χ4v) is 2.97. The number of benzene rings is 1. The van der Waals surface area contributed by atoms with Gasteiger partial charge in [0.2, 0.25) is 0 Å². The second kappa shape index (κ2) is 5.36. The molecule has 1 aromatic heterocycles. The van der Waals surface area contributed by atoms with Gasteiger partial charge in [0, 0.05) is 17.0 Å². The molecule has 2 aromatic rings. The van der Waals surface area contributed by atoms with Gasteiger partial charge in [0.05, 0.1) is 5.56 Å². The number of hydrogen-bond donors (Lipinski definition) is 2. The Labute approximate surface area is 112 Å². The van der Waals surface area contributed by atoms with Crippen molar-refractivity contribution in [3.63, 3.8) is 0 Å². The summed E-state index contributed by atoms with van der Waals surface area (Å²) in [5.74, 6) is -0.175. The number of aryl methyl sites for hydroxylation is 1. The molecule has 0 aliphatic heterocycles. The van der Waals surface area contributed by atoms with Crippen LogP contribution in [0.25, 0.3) is 0 Å². The highest BCUT2D eigenvalue weighted by atomic mass is 32.2. The van der Waals surface area contributed by atoms with Crippen LogP contribution in [0, 0.1) is 0 Å². The van der Waals surface area contributed by atoms with E-state index in [0.717, 1.165) is 21.5 Å².